The Morgan fingerprint density at radius 2 is 2.33 bits per heavy atom. The van der Waals surface area contributed by atoms with Gasteiger partial charge in [0.25, 0.3) is 0 Å². The first-order valence-corrected chi connectivity index (χ1v) is 3.41. The normalized spacial score (nSPS) is 17.4. The van der Waals surface area contributed by atoms with Gasteiger partial charge in [0.2, 0.25) is 5.91 Å². The zero-order chi connectivity index (χ0) is 6.69. The molecule has 0 aliphatic heterocycles. The van der Waals surface area contributed by atoms with Crippen LogP contribution in [0.3, 0.4) is 0 Å². The lowest BCUT2D eigenvalue weighted by Crippen LogP contribution is -2.25. The number of carbonyl (C=O) groups is 1. The first kappa shape index (κ1) is 6.59. The van der Waals surface area contributed by atoms with Gasteiger partial charge in [-0.25, -0.2) is 0 Å². The van der Waals surface area contributed by atoms with Crippen LogP contribution in [0.4, 0.5) is 0 Å². The number of carbonyl (C=O) groups excluding carboxylic acids is 1. The minimum Gasteiger partial charge on any atom is -0.356 e. The molecule has 0 saturated heterocycles. The molecule has 1 fully saturated rings. The highest BCUT2D eigenvalue weighted by molar-refractivity contribution is 5.80. The van der Waals surface area contributed by atoms with Gasteiger partial charge in [0, 0.05) is 12.5 Å². The molecule has 0 unspecified atom stereocenters. The van der Waals surface area contributed by atoms with Crippen molar-refractivity contribution < 1.29 is 4.79 Å². The third kappa shape index (κ3) is 2.04. The molecule has 1 radical (unpaired) electrons. The topological polar surface area (TPSA) is 29.1 Å². The average Bonchev–Trinajstić information content (AvgIpc) is 2.63. The molecule has 0 heterocycles. The standard InChI is InChI=1S/C7H12NO/c1-2-5-8-7(9)6-3-4-6/h6H,1-5H2,(H,8,9). The quantitative estimate of drug-likeness (QED) is 0.593. The van der Waals surface area contributed by atoms with Crippen molar-refractivity contribution in [1.82, 2.24) is 5.32 Å². The van der Waals surface area contributed by atoms with Crippen molar-refractivity contribution >= 4 is 5.91 Å². The van der Waals surface area contributed by atoms with E-state index in [2.05, 4.69) is 12.2 Å². The van der Waals surface area contributed by atoms with Crippen molar-refractivity contribution in [3.8, 4) is 0 Å². The zero-order valence-electron chi connectivity index (χ0n) is 5.52. The summed E-state index contributed by atoms with van der Waals surface area (Å²) in [4.78, 5) is 10.8. The highest BCUT2D eigenvalue weighted by Gasteiger charge is 2.28. The summed E-state index contributed by atoms with van der Waals surface area (Å²) in [5.74, 6) is 0.565. The first-order valence-electron chi connectivity index (χ1n) is 3.41. The molecule has 1 amide bonds. The maximum Gasteiger partial charge on any atom is 0.223 e. The summed E-state index contributed by atoms with van der Waals surface area (Å²) < 4.78 is 0. The minimum absolute atomic E-state index is 0.221. The van der Waals surface area contributed by atoms with Crippen molar-refractivity contribution in [2.24, 2.45) is 5.92 Å². The van der Waals surface area contributed by atoms with E-state index in [0.29, 0.717) is 5.92 Å². The molecule has 0 aromatic carbocycles. The van der Waals surface area contributed by atoms with Gasteiger partial charge in [0.05, 0.1) is 0 Å². The third-order valence-corrected chi connectivity index (χ3v) is 1.42. The number of rotatable bonds is 3. The molecule has 9 heavy (non-hydrogen) atoms. The fourth-order valence-electron chi connectivity index (χ4n) is 0.701. The van der Waals surface area contributed by atoms with Gasteiger partial charge in [-0.2, -0.15) is 0 Å². The molecule has 1 N–H and O–H groups in total. The Kier molecular flexibility index (Phi) is 2.09. The van der Waals surface area contributed by atoms with Crippen molar-refractivity contribution in [3.05, 3.63) is 6.92 Å². The molecule has 0 atom stereocenters. The lowest BCUT2D eigenvalue weighted by atomic mass is 10.4. The minimum atomic E-state index is 0.221. The average molecular weight is 126 g/mol. The Labute approximate surface area is 55.6 Å². The van der Waals surface area contributed by atoms with Crippen LogP contribution in [-0.4, -0.2) is 12.5 Å². The summed E-state index contributed by atoms with van der Waals surface area (Å²) in [6, 6.07) is 0. The smallest absolute Gasteiger partial charge is 0.223 e. The van der Waals surface area contributed by atoms with Crippen molar-refractivity contribution in [1.29, 1.82) is 0 Å². The molecule has 2 heteroatoms. The van der Waals surface area contributed by atoms with Gasteiger partial charge in [-0.05, 0) is 19.3 Å². The van der Waals surface area contributed by atoms with E-state index in [1.165, 1.54) is 0 Å². The molecule has 0 aromatic rings. The number of hydrogen-bond acceptors (Lipinski definition) is 1. The Bertz CT molecular complexity index is 107. The van der Waals surface area contributed by atoms with Gasteiger partial charge >= 0.3 is 0 Å². The van der Waals surface area contributed by atoms with Gasteiger partial charge in [-0.15, -0.1) is 0 Å². The van der Waals surface area contributed by atoms with Crippen molar-refractivity contribution in [3.63, 3.8) is 0 Å². The van der Waals surface area contributed by atoms with Gasteiger partial charge in [-0.1, -0.05) is 6.92 Å². The van der Waals surface area contributed by atoms with Gasteiger partial charge in [0.15, 0.2) is 0 Å². The second kappa shape index (κ2) is 2.85. The molecule has 1 aliphatic carbocycles. The van der Waals surface area contributed by atoms with Gasteiger partial charge < -0.3 is 5.32 Å². The molecular formula is C7H12NO. The van der Waals surface area contributed by atoms with E-state index in [-0.39, 0.29) is 5.91 Å². The Hall–Kier alpha value is -0.530. The molecule has 1 saturated carbocycles. The van der Waals surface area contributed by atoms with Crippen molar-refractivity contribution in [2.75, 3.05) is 6.54 Å². The molecule has 1 rings (SSSR count). The van der Waals surface area contributed by atoms with E-state index in [0.717, 1.165) is 25.8 Å². The summed E-state index contributed by atoms with van der Waals surface area (Å²) >= 11 is 0. The summed E-state index contributed by atoms with van der Waals surface area (Å²) in [6.45, 7) is 4.35. The summed E-state index contributed by atoms with van der Waals surface area (Å²) in [6.07, 6.45) is 2.96. The van der Waals surface area contributed by atoms with Crippen LogP contribution in [0.15, 0.2) is 0 Å². The van der Waals surface area contributed by atoms with Crippen LogP contribution < -0.4 is 5.32 Å². The lowest BCUT2D eigenvalue weighted by molar-refractivity contribution is -0.122. The van der Waals surface area contributed by atoms with E-state index >= 15 is 0 Å². The summed E-state index contributed by atoms with van der Waals surface area (Å²) in [7, 11) is 0. The van der Waals surface area contributed by atoms with E-state index in [9.17, 15) is 4.79 Å². The number of amides is 1. The Morgan fingerprint density at radius 3 is 2.78 bits per heavy atom. The molecule has 1 aliphatic rings. The molecule has 2 nitrogen and oxygen atoms in total. The first-order chi connectivity index (χ1) is 4.34. The number of nitrogens with one attached hydrogen (secondary N) is 1. The van der Waals surface area contributed by atoms with E-state index in [4.69, 9.17) is 0 Å². The fraction of sp³-hybridized carbons (Fsp3) is 0.714. The predicted octanol–water partition coefficient (Wildman–Crippen LogP) is 0.737. The Morgan fingerprint density at radius 1 is 1.67 bits per heavy atom. The molecule has 51 valence electrons. The highest BCUT2D eigenvalue weighted by atomic mass is 16.2. The van der Waals surface area contributed by atoms with Crippen LogP contribution in [0.5, 0.6) is 0 Å². The second-order valence-corrected chi connectivity index (χ2v) is 2.42. The lowest BCUT2D eigenvalue weighted by Gasteiger charge is -1.98. The maximum atomic E-state index is 10.8. The molecule has 0 aromatic heterocycles. The maximum absolute atomic E-state index is 10.8. The summed E-state index contributed by atoms with van der Waals surface area (Å²) in [5.41, 5.74) is 0. The van der Waals surface area contributed by atoms with Crippen molar-refractivity contribution in [2.45, 2.75) is 19.3 Å². The zero-order valence-corrected chi connectivity index (χ0v) is 5.52. The third-order valence-electron chi connectivity index (χ3n) is 1.42. The monoisotopic (exact) mass is 126 g/mol. The van der Waals surface area contributed by atoms with Crippen LogP contribution >= 0.6 is 0 Å². The second-order valence-electron chi connectivity index (χ2n) is 2.42. The Balaban J connectivity index is 2.03. The van der Waals surface area contributed by atoms with Crippen LogP contribution in [-0.2, 0) is 4.79 Å². The highest BCUT2D eigenvalue weighted by Crippen LogP contribution is 2.28. The van der Waals surface area contributed by atoms with E-state index < -0.39 is 0 Å². The molecular weight excluding hydrogens is 114 g/mol. The molecule has 0 spiro atoms. The molecule has 0 bridgehead atoms. The summed E-state index contributed by atoms with van der Waals surface area (Å²) in [5, 5.41) is 2.79. The fourth-order valence-corrected chi connectivity index (χ4v) is 0.701. The number of hydrogen-bond donors (Lipinski definition) is 1. The predicted molar refractivity (Wildman–Crippen MR) is 35.7 cm³/mol. The SMILES string of the molecule is [CH2]CCNC(=O)C1CC1. The largest absolute Gasteiger partial charge is 0.356 e. The van der Waals surface area contributed by atoms with E-state index in [1.54, 1.807) is 0 Å². The van der Waals surface area contributed by atoms with Crippen LogP contribution in [0.2, 0.25) is 0 Å². The van der Waals surface area contributed by atoms with Crippen LogP contribution in [0, 0.1) is 12.8 Å². The van der Waals surface area contributed by atoms with Crippen LogP contribution in [0.1, 0.15) is 19.3 Å². The van der Waals surface area contributed by atoms with E-state index in [1.807, 2.05) is 0 Å². The van der Waals surface area contributed by atoms with Crippen LogP contribution in [0.25, 0.3) is 0 Å². The van der Waals surface area contributed by atoms with Gasteiger partial charge in [0.1, 0.15) is 0 Å². The van der Waals surface area contributed by atoms with Gasteiger partial charge in [-0.3, -0.25) is 4.79 Å².